The molecule has 200 valence electrons. The van der Waals surface area contributed by atoms with Crippen molar-refractivity contribution in [2.45, 2.75) is 102 Å². The van der Waals surface area contributed by atoms with E-state index in [1.165, 1.54) is 56.9 Å². The maximum absolute atomic E-state index is 12.2. The van der Waals surface area contributed by atoms with Crippen molar-refractivity contribution < 1.29 is 19.4 Å². The van der Waals surface area contributed by atoms with Gasteiger partial charge in [-0.25, -0.2) is 14.6 Å². The number of carbonyl (C=O) groups excluding carboxylic acids is 1. The normalized spacial score (nSPS) is 18.8. The predicted octanol–water partition coefficient (Wildman–Crippen LogP) is 4.77. The number of alkyl carbamates (subject to hydrolysis) is 1. The number of carboxylic acid groups (broad SMARTS) is 1. The first kappa shape index (κ1) is 26.7. The third-order valence-corrected chi connectivity index (χ3v) is 7.92. The van der Waals surface area contributed by atoms with Crippen LogP contribution in [-0.2, 0) is 22.4 Å². The quantitative estimate of drug-likeness (QED) is 0.316. The van der Waals surface area contributed by atoms with E-state index in [0.717, 1.165) is 56.7 Å². The summed E-state index contributed by atoms with van der Waals surface area (Å²) in [4.78, 5) is 31.2. The lowest BCUT2D eigenvalue weighted by atomic mass is 9.87. The average molecular weight is 501 g/mol. The summed E-state index contributed by atoms with van der Waals surface area (Å²) in [5, 5.41) is 15.6. The van der Waals surface area contributed by atoms with Gasteiger partial charge in [-0.3, -0.25) is 0 Å². The molecule has 36 heavy (non-hydrogen) atoms. The Bertz CT molecular complexity index is 854. The highest BCUT2D eigenvalue weighted by molar-refractivity contribution is 5.79. The molecular formula is C28H44N4O4. The first-order valence-corrected chi connectivity index (χ1v) is 14.2. The molecule has 1 aromatic rings. The fraction of sp³-hybridized carbons (Fsp3) is 0.750. The number of hydrogen-bond donors (Lipinski definition) is 3. The van der Waals surface area contributed by atoms with E-state index in [1.54, 1.807) is 0 Å². The fourth-order valence-electron chi connectivity index (χ4n) is 5.58. The standard InChI is InChI=1S/C28H44N4O4/c33-27(34)25(31-28(35)36-20-16-21-7-2-1-3-8-21)15-19-32(24-13-14-24)18-5-4-10-23-12-11-22-9-6-17-29-26(22)30-23/h11-12,21,24-25H,1-10,13-20H2,(H,29,30)(H,31,35)(H,33,34). The van der Waals surface area contributed by atoms with Crippen molar-refractivity contribution >= 4 is 17.9 Å². The van der Waals surface area contributed by atoms with E-state index >= 15 is 0 Å². The minimum atomic E-state index is -0.998. The molecule has 1 atom stereocenters. The summed E-state index contributed by atoms with van der Waals surface area (Å²) >= 11 is 0. The number of fused-ring (bicyclic) bond motifs is 1. The molecule has 3 N–H and O–H groups in total. The van der Waals surface area contributed by atoms with Crippen LogP contribution in [0.4, 0.5) is 10.6 Å². The predicted molar refractivity (Wildman–Crippen MR) is 140 cm³/mol. The molecule has 2 fully saturated rings. The number of carboxylic acids is 1. The summed E-state index contributed by atoms with van der Waals surface area (Å²) < 4.78 is 5.31. The number of nitrogens with zero attached hydrogens (tertiary/aromatic N) is 2. The summed E-state index contributed by atoms with van der Waals surface area (Å²) in [6, 6.07) is 4.00. The molecule has 3 aliphatic rings. The van der Waals surface area contributed by atoms with Crippen molar-refractivity contribution in [1.29, 1.82) is 0 Å². The van der Waals surface area contributed by atoms with Crippen LogP contribution in [0.5, 0.6) is 0 Å². The zero-order valence-electron chi connectivity index (χ0n) is 21.7. The van der Waals surface area contributed by atoms with Crippen molar-refractivity contribution in [3.8, 4) is 0 Å². The highest BCUT2D eigenvalue weighted by Crippen LogP contribution is 2.28. The molecule has 8 heteroatoms. The van der Waals surface area contributed by atoms with E-state index in [2.05, 4.69) is 27.7 Å². The molecule has 1 aromatic heterocycles. The third-order valence-electron chi connectivity index (χ3n) is 7.92. The van der Waals surface area contributed by atoms with Crippen LogP contribution in [0.1, 0.15) is 88.3 Å². The molecule has 2 aliphatic carbocycles. The lowest BCUT2D eigenvalue weighted by Crippen LogP contribution is -2.44. The first-order valence-electron chi connectivity index (χ1n) is 14.2. The Morgan fingerprint density at radius 3 is 2.72 bits per heavy atom. The van der Waals surface area contributed by atoms with Crippen molar-refractivity contribution in [2.75, 3.05) is 31.6 Å². The average Bonchev–Trinajstić information content (AvgIpc) is 3.73. The number of rotatable bonds is 14. The van der Waals surface area contributed by atoms with Crippen LogP contribution in [0.25, 0.3) is 0 Å². The van der Waals surface area contributed by atoms with Gasteiger partial charge in [0.25, 0.3) is 0 Å². The van der Waals surface area contributed by atoms with E-state index < -0.39 is 18.1 Å². The number of ether oxygens (including phenoxy) is 1. The van der Waals surface area contributed by atoms with Gasteiger partial charge in [-0.1, -0.05) is 38.2 Å². The van der Waals surface area contributed by atoms with E-state index in [9.17, 15) is 14.7 Å². The molecule has 1 unspecified atom stereocenters. The summed E-state index contributed by atoms with van der Waals surface area (Å²) in [5.74, 6) is 0.689. The second-order valence-electron chi connectivity index (χ2n) is 10.8. The molecule has 0 bridgehead atoms. The van der Waals surface area contributed by atoms with Crippen molar-refractivity contribution in [3.05, 3.63) is 23.4 Å². The van der Waals surface area contributed by atoms with Gasteiger partial charge >= 0.3 is 12.1 Å². The minimum absolute atomic E-state index is 0.367. The number of amides is 1. The fourth-order valence-corrected chi connectivity index (χ4v) is 5.58. The van der Waals surface area contributed by atoms with Gasteiger partial charge in [-0.2, -0.15) is 0 Å². The summed E-state index contributed by atoms with van der Waals surface area (Å²) in [5.41, 5.74) is 2.46. The van der Waals surface area contributed by atoms with Gasteiger partial charge < -0.3 is 25.4 Å². The SMILES string of the molecule is O=C(NC(CCN(CCCCc1ccc2c(n1)NCCC2)C1CC1)C(=O)O)OCCC1CCCCC1. The Balaban J connectivity index is 1.14. The van der Waals surface area contributed by atoms with Gasteiger partial charge in [-0.05, 0) is 81.9 Å². The maximum atomic E-state index is 12.2. The van der Waals surface area contributed by atoms with Crippen LogP contribution in [0.15, 0.2) is 12.1 Å². The molecule has 8 nitrogen and oxygen atoms in total. The second kappa shape index (κ2) is 13.8. The van der Waals surface area contributed by atoms with Gasteiger partial charge in [-0.15, -0.1) is 0 Å². The molecule has 0 spiro atoms. The molecule has 0 saturated heterocycles. The van der Waals surface area contributed by atoms with E-state index in [-0.39, 0.29) is 0 Å². The zero-order valence-corrected chi connectivity index (χ0v) is 21.7. The van der Waals surface area contributed by atoms with Gasteiger partial charge in [0.15, 0.2) is 0 Å². The lowest BCUT2D eigenvalue weighted by molar-refractivity contribution is -0.139. The molecule has 0 aromatic carbocycles. The molecular weight excluding hydrogens is 456 g/mol. The molecule has 1 aliphatic heterocycles. The van der Waals surface area contributed by atoms with Gasteiger partial charge in [0.05, 0.1) is 6.61 Å². The largest absolute Gasteiger partial charge is 0.480 e. The number of anilines is 1. The number of aromatic nitrogens is 1. The van der Waals surface area contributed by atoms with Crippen LogP contribution in [0, 0.1) is 5.92 Å². The highest BCUT2D eigenvalue weighted by atomic mass is 16.5. The smallest absolute Gasteiger partial charge is 0.407 e. The number of unbranched alkanes of at least 4 members (excludes halogenated alkanes) is 1. The minimum Gasteiger partial charge on any atom is -0.480 e. The lowest BCUT2D eigenvalue weighted by Gasteiger charge is -2.24. The van der Waals surface area contributed by atoms with Crippen LogP contribution in [0.2, 0.25) is 0 Å². The molecule has 2 saturated carbocycles. The molecule has 0 radical (unpaired) electrons. The van der Waals surface area contributed by atoms with Crippen molar-refractivity contribution in [1.82, 2.24) is 15.2 Å². The molecule has 2 heterocycles. The second-order valence-corrected chi connectivity index (χ2v) is 10.8. The number of carbonyl (C=O) groups is 2. The number of pyridine rings is 1. The highest BCUT2D eigenvalue weighted by Gasteiger charge is 2.30. The van der Waals surface area contributed by atoms with Crippen LogP contribution in [0.3, 0.4) is 0 Å². The maximum Gasteiger partial charge on any atom is 0.407 e. The number of nitrogens with one attached hydrogen (secondary N) is 2. The monoisotopic (exact) mass is 500 g/mol. The van der Waals surface area contributed by atoms with Crippen LogP contribution < -0.4 is 10.6 Å². The Morgan fingerprint density at radius 2 is 1.94 bits per heavy atom. The van der Waals surface area contributed by atoms with Crippen molar-refractivity contribution in [3.63, 3.8) is 0 Å². The number of hydrogen-bond acceptors (Lipinski definition) is 6. The summed E-state index contributed by atoms with van der Waals surface area (Å²) in [6.45, 7) is 2.99. The summed E-state index contributed by atoms with van der Waals surface area (Å²) in [6.07, 6.45) is 14.6. The zero-order chi connectivity index (χ0) is 25.2. The van der Waals surface area contributed by atoms with Crippen molar-refractivity contribution in [2.24, 2.45) is 5.92 Å². The third kappa shape index (κ3) is 8.64. The Hall–Kier alpha value is -2.35. The first-order chi connectivity index (χ1) is 17.6. The van der Waals surface area contributed by atoms with E-state index in [1.807, 2.05) is 0 Å². The van der Waals surface area contributed by atoms with Gasteiger partial charge in [0.2, 0.25) is 0 Å². The van der Waals surface area contributed by atoms with Gasteiger partial charge in [0, 0.05) is 24.8 Å². The molecule has 1 amide bonds. The van der Waals surface area contributed by atoms with E-state index in [4.69, 9.17) is 9.72 Å². The topological polar surface area (TPSA) is 104 Å². The Kier molecular flexibility index (Phi) is 10.3. The number of aliphatic carboxylic acids is 1. The van der Waals surface area contributed by atoms with E-state index in [0.29, 0.717) is 31.5 Å². The van der Waals surface area contributed by atoms with Crippen LogP contribution >= 0.6 is 0 Å². The Labute approximate surface area is 215 Å². The number of aryl methyl sites for hydroxylation is 2. The van der Waals surface area contributed by atoms with Crippen LogP contribution in [-0.4, -0.2) is 65.4 Å². The van der Waals surface area contributed by atoms with Gasteiger partial charge in [0.1, 0.15) is 11.9 Å². The Morgan fingerprint density at radius 1 is 1.11 bits per heavy atom. The molecule has 4 rings (SSSR count). The summed E-state index contributed by atoms with van der Waals surface area (Å²) in [7, 11) is 0.